The van der Waals surface area contributed by atoms with Crippen LogP contribution >= 0.6 is 35.4 Å². The molecule has 0 aliphatic heterocycles. The summed E-state index contributed by atoms with van der Waals surface area (Å²) in [5.41, 5.74) is 3.86. The van der Waals surface area contributed by atoms with Gasteiger partial charge >= 0.3 is 0 Å². The molecule has 0 heterocycles. The molecule has 5 heteroatoms. The van der Waals surface area contributed by atoms with E-state index in [0.717, 1.165) is 22.5 Å². The molecule has 2 N–H and O–H groups in total. The van der Waals surface area contributed by atoms with Crippen LogP contribution in [0.25, 0.3) is 11.1 Å². The number of halogens is 2. The third-order valence-corrected chi connectivity index (χ3v) is 4.02. The summed E-state index contributed by atoms with van der Waals surface area (Å²) >= 11 is 17.4. The Bertz CT molecular complexity index is 846. The highest BCUT2D eigenvalue weighted by Crippen LogP contribution is 2.28. The molecule has 0 saturated carbocycles. The Morgan fingerprint density at radius 3 is 2.08 bits per heavy atom. The van der Waals surface area contributed by atoms with Gasteiger partial charge in [-0.1, -0.05) is 71.7 Å². The average molecular weight is 373 g/mol. The number of anilines is 2. The summed E-state index contributed by atoms with van der Waals surface area (Å²) in [6.07, 6.45) is 0. The second-order valence-corrected chi connectivity index (χ2v) is 6.43. The molecule has 0 saturated heterocycles. The van der Waals surface area contributed by atoms with Crippen LogP contribution in [-0.2, 0) is 0 Å². The van der Waals surface area contributed by atoms with Crippen LogP contribution in [0.4, 0.5) is 11.4 Å². The lowest BCUT2D eigenvalue weighted by atomic mass is 10.0. The van der Waals surface area contributed by atoms with Crippen LogP contribution in [-0.4, -0.2) is 5.11 Å². The maximum Gasteiger partial charge on any atom is 0.175 e. The molecule has 3 aromatic carbocycles. The Labute approximate surface area is 156 Å². The standard InChI is InChI=1S/C19H14Cl2N2S/c20-14-10-15(21)12-16(11-14)22-19(24)23-18-9-5-4-8-17(18)13-6-2-1-3-7-13/h1-12H,(H2,22,23,24). The molecule has 0 aromatic heterocycles. The van der Waals surface area contributed by atoms with Gasteiger partial charge in [-0.3, -0.25) is 0 Å². The van der Waals surface area contributed by atoms with Crippen molar-refractivity contribution in [3.63, 3.8) is 0 Å². The fourth-order valence-corrected chi connectivity index (χ4v) is 3.13. The van der Waals surface area contributed by atoms with Gasteiger partial charge in [0, 0.05) is 27.0 Å². The van der Waals surface area contributed by atoms with Crippen molar-refractivity contribution in [3.8, 4) is 11.1 Å². The van der Waals surface area contributed by atoms with Crippen molar-refractivity contribution in [1.82, 2.24) is 0 Å². The number of para-hydroxylation sites is 1. The van der Waals surface area contributed by atoms with Crippen molar-refractivity contribution in [2.45, 2.75) is 0 Å². The summed E-state index contributed by atoms with van der Waals surface area (Å²) in [4.78, 5) is 0. The zero-order valence-electron chi connectivity index (χ0n) is 12.6. The summed E-state index contributed by atoms with van der Waals surface area (Å²) in [6, 6.07) is 23.4. The van der Waals surface area contributed by atoms with Gasteiger partial charge < -0.3 is 10.6 Å². The van der Waals surface area contributed by atoms with Gasteiger partial charge in [0.2, 0.25) is 0 Å². The molecule has 3 rings (SSSR count). The summed E-state index contributed by atoms with van der Waals surface area (Å²) < 4.78 is 0. The number of hydrogen-bond acceptors (Lipinski definition) is 1. The Morgan fingerprint density at radius 2 is 1.38 bits per heavy atom. The first-order valence-electron chi connectivity index (χ1n) is 7.30. The monoisotopic (exact) mass is 372 g/mol. The third-order valence-electron chi connectivity index (χ3n) is 3.38. The van der Waals surface area contributed by atoms with Crippen molar-refractivity contribution in [2.24, 2.45) is 0 Å². The third kappa shape index (κ3) is 4.26. The quantitative estimate of drug-likeness (QED) is 0.515. The largest absolute Gasteiger partial charge is 0.332 e. The fraction of sp³-hybridized carbons (Fsp3) is 0. The highest BCUT2D eigenvalue weighted by molar-refractivity contribution is 7.80. The predicted molar refractivity (Wildman–Crippen MR) is 108 cm³/mol. The Morgan fingerprint density at radius 1 is 0.750 bits per heavy atom. The number of hydrogen-bond donors (Lipinski definition) is 2. The van der Waals surface area contributed by atoms with E-state index in [0.29, 0.717) is 15.2 Å². The molecule has 0 atom stereocenters. The van der Waals surface area contributed by atoms with Gasteiger partial charge in [0.1, 0.15) is 0 Å². The van der Waals surface area contributed by atoms with Gasteiger partial charge in [-0.2, -0.15) is 0 Å². The van der Waals surface area contributed by atoms with E-state index in [1.165, 1.54) is 0 Å². The highest BCUT2D eigenvalue weighted by atomic mass is 35.5. The molecule has 3 aromatic rings. The van der Waals surface area contributed by atoms with Gasteiger partial charge in [-0.15, -0.1) is 0 Å². The van der Waals surface area contributed by atoms with E-state index in [-0.39, 0.29) is 0 Å². The molecule has 24 heavy (non-hydrogen) atoms. The minimum absolute atomic E-state index is 0.469. The Kier molecular flexibility index (Phi) is 5.36. The van der Waals surface area contributed by atoms with Crippen LogP contribution in [0.15, 0.2) is 72.8 Å². The van der Waals surface area contributed by atoms with Gasteiger partial charge in [0.05, 0.1) is 0 Å². The first-order chi connectivity index (χ1) is 11.6. The second-order valence-electron chi connectivity index (χ2n) is 5.15. The first-order valence-corrected chi connectivity index (χ1v) is 8.47. The van der Waals surface area contributed by atoms with Crippen LogP contribution in [0.3, 0.4) is 0 Å². The van der Waals surface area contributed by atoms with E-state index >= 15 is 0 Å². The Balaban J connectivity index is 1.80. The molecule has 0 aliphatic carbocycles. The van der Waals surface area contributed by atoms with Crippen LogP contribution < -0.4 is 10.6 Å². The van der Waals surface area contributed by atoms with Gasteiger partial charge in [-0.25, -0.2) is 0 Å². The summed E-state index contributed by atoms with van der Waals surface area (Å²) in [5.74, 6) is 0. The predicted octanol–water partition coefficient (Wildman–Crippen LogP) is 6.47. The average Bonchev–Trinajstić information content (AvgIpc) is 2.55. The zero-order valence-corrected chi connectivity index (χ0v) is 14.9. The van der Waals surface area contributed by atoms with E-state index < -0.39 is 0 Å². The SMILES string of the molecule is S=C(Nc1cc(Cl)cc(Cl)c1)Nc1ccccc1-c1ccccc1. The van der Waals surface area contributed by atoms with Crippen molar-refractivity contribution < 1.29 is 0 Å². The van der Waals surface area contributed by atoms with Crippen LogP contribution in [0.1, 0.15) is 0 Å². The van der Waals surface area contributed by atoms with Crippen LogP contribution in [0.2, 0.25) is 10.0 Å². The van der Waals surface area contributed by atoms with Gasteiger partial charge in [0.15, 0.2) is 5.11 Å². The molecular weight excluding hydrogens is 359 g/mol. The molecule has 0 unspecified atom stereocenters. The summed E-state index contributed by atoms with van der Waals surface area (Å²) in [7, 11) is 0. The van der Waals surface area contributed by atoms with E-state index in [4.69, 9.17) is 35.4 Å². The Hall–Kier alpha value is -2.07. The highest BCUT2D eigenvalue weighted by Gasteiger charge is 2.07. The van der Waals surface area contributed by atoms with Crippen LogP contribution in [0.5, 0.6) is 0 Å². The molecule has 120 valence electrons. The molecule has 0 spiro atoms. The summed E-state index contributed by atoms with van der Waals surface area (Å²) in [5, 5.41) is 7.91. The van der Waals surface area contributed by atoms with Crippen LogP contribution in [0, 0.1) is 0 Å². The van der Waals surface area contributed by atoms with E-state index in [9.17, 15) is 0 Å². The van der Waals surface area contributed by atoms with Crippen molar-refractivity contribution >= 4 is 51.9 Å². The van der Waals surface area contributed by atoms with Crippen molar-refractivity contribution in [2.75, 3.05) is 10.6 Å². The lowest BCUT2D eigenvalue weighted by Crippen LogP contribution is -2.19. The lowest BCUT2D eigenvalue weighted by Gasteiger charge is -2.14. The molecule has 2 nitrogen and oxygen atoms in total. The minimum Gasteiger partial charge on any atom is -0.332 e. The molecule has 0 aliphatic rings. The summed E-state index contributed by atoms with van der Waals surface area (Å²) in [6.45, 7) is 0. The van der Waals surface area contributed by atoms with E-state index in [1.54, 1.807) is 18.2 Å². The maximum atomic E-state index is 6.01. The number of nitrogens with one attached hydrogen (secondary N) is 2. The maximum absolute atomic E-state index is 6.01. The topological polar surface area (TPSA) is 24.1 Å². The molecule has 0 fully saturated rings. The van der Waals surface area contributed by atoms with Crippen molar-refractivity contribution in [3.05, 3.63) is 82.8 Å². The lowest BCUT2D eigenvalue weighted by molar-refractivity contribution is 1.57. The van der Waals surface area contributed by atoms with E-state index in [1.807, 2.05) is 36.4 Å². The molecular formula is C19H14Cl2N2S. The molecule has 0 amide bonds. The normalized spacial score (nSPS) is 10.2. The number of benzene rings is 3. The van der Waals surface area contributed by atoms with Crippen molar-refractivity contribution in [1.29, 1.82) is 0 Å². The smallest absolute Gasteiger partial charge is 0.175 e. The minimum atomic E-state index is 0.469. The van der Waals surface area contributed by atoms with E-state index in [2.05, 4.69) is 28.8 Å². The molecule has 0 bridgehead atoms. The van der Waals surface area contributed by atoms with Gasteiger partial charge in [-0.05, 0) is 42.0 Å². The number of thiocarbonyl (C=S) groups is 1. The fourth-order valence-electron chi connectivity index (χ4n) is 2.37. The van der Waals surface area contributed by atoms with Gasteiger partial charge in [0.25, 0.3) is 0 Å². The molecule has 0 radical (unpaired) electrons. The first kappa shape index (κ1) is 16.8. The second kappa shape index (κ2) is 7.67. The number of rotatable bonds is 3. The zero-order chi connectivity index (χ0) is 16.9.